The smallest absolute Gasteiger partial charge is 0.240 e. The van der Waals surface area contributed by atoms with Gasteiger partial charge in [0.05, 0.1) is 6.04 Å². The van der Waals surface area contributed by atoms with Crippen LogP contribution in [0.2, 0.25) is 0 Å². The van der Waals surface area contributed by atoms with Crippen LogP contribution in [0.15, 0.2) is 12.7 Å². The molecule has 0 aromatic heterocycles. The molecule has 1 aliphatic carbocycles. The van der Waals surface area contributed by atoms with Crippen molar-refractivity contribution in [3.05, 3.63) is 12.7 Å². The van der Waals surface area contributed by atoms with Crippen molar-refractivity contribution in [2.45, 2.75) is 64.0 Å². The van der Waals surface area contributed by atoms with Gasteiger partial charge in [-0.25, -0.2) is 0 Å². The Morgan fingerprint density at radius 2 is 2.11 bits per heavy atom. The number of rotatable bonds is 5. The van der Waals surface area contributed by atoms with E-state index in [1.54, 1.807) is 0 Å². The molecule has 1 saturated carbocycles. The molecule has 1 N–H and O–H groups in total. The fraction of sp³-hybridized carbons (Fsp3) is 0.812. The number of carbonyl (C=O) groups is 1. The van der Waals surface area contributed by atoms with E-state index in [1.807, 2.05) is 6.08 Å². The summed E-state index contributed by atoms with van der Waals surface area (Å²) in [7, 11) is 0. The highest BCUT2D eigenvalue weighted by atomic mass is 16.2. The molecule has 2 unspecified atom stereocenters. The molecule has 1 saturated heterocycles. The van der Waals surface area contributed by atoms with Crippen molar-refractivity contribution in [2.24, 2.45) is 5.92 Å². The first-order chi connectivity index (χ1) is 9.26. The van der Waals surface area contributed by atoms with E-state index >= 15 is 0 Å². The maximum Gasteiger partial charge on any atom is 0.240 e. The number of piperidine rings is 1. The summed E-state index contributed by atoms with van der Waals surface area (Å²) in [6, 6.07) is 0.494. The molecular weight excluding hydrogens is 236 g/mol. The van der Waals surface area contributed by atoms with Gasteiger partial charge < -0.3 is 10.2 Å². The lowest BCUT2D eigenvalue weighted by molar-refractivity contribution is -0.136. The van der Waals surface area contributed by atoms with Gasteiger partial charge in [0.1, 0.15) is 0 Å². The molecule has 3 heteroatoms. The minimum absolute atomic E-state index is 0.0410. The van der Waals surface area contributed by atoms with Crippen molar-refractivity contribution in [2.75, 3.05) is 13.1 Å². The number of nitrogens with zero attached hydrogens (tertiary/aromatic N) is 1. The Kier molecular flexibility index (Phi) is 5.44. The monoisotopic (exact) mass is 264 g/mol. The van der Waals surface area contributed by atoms with E-state index in [9.17, 15) is 4.79 Å². The van der Waals surface area contributed by atoms with Gasteiger partial charge in [0, 0.05) is 12.6 Å². The SMILES string of the molecule is C=CCN(C(=O)C1CC(CC)CCN1)C1CCCC1. The molecule has 1 heterocycles. The van der Waals surface area contributed by atoms with Crippen molar-refractivity contribution >= 4 is 5.91 Å². The Balaban J connectivity index is 1.99. The van der Waals surface area contributed by atoms with Crippen LogP contribution in [0.25, 0.3) is 0 Å². The van der Waals surface area contributed by atoms with Gasteiger partial charge in [-0.05, 0) is 38.1 Å². The summed E-state index contributed by atoms with van der Waals surface area (Å²) in [5.74, 6) is 1.02. The third kappa shape index (κ3) is 3.59. The summed E-state index contributed by atoms with van der Waals surface area (Å²) in [6.07, 6.45) is 10.2. The maximum absolute atomic E-state index is 12.8. The van der Waals surface area contributed by atoms with E-state index < -0.39 is 0 Å². The van der Waals surface area contributed by atoms with Crippen molar-refractivity contribution in [3.8, 4) is 0 Å². The Morgan fingerprint density at radius 3 is 2.74 bits per heavy atom. The number of hydrogen-bond donors (Lipinski definition) is 1. The molecule has 0 aromatic rings. The summed E-state index contributed by atoms with van der Waals surface area (Å²) in [5, 5.41) is 3.42. The molecule has 1 amide bonds. The average molecular weight is 264 g/mol. The molecule has 19 heavy (non-hydrogen) atoms. The van der Waals surface area contributed by atoms with Gasteiger partial charge >= 0.3 is 0 Å². The maximum atomic E-state index is 12.8. The van der Waals surface area contributed by atoms with Crippen LogP contribution in [0.1, 0.15) is 51.9 Å². The molecule has 2 aliphatic rings. The first kappa shape index (κ1) is 14.6. The molecule has 0 spiro atoms. The molecule has 108 valence electrons. The van der Waals surface area contributed by atoms with Gasteiger partial charge in [-0.2, -0.15) is 0 Å². The molecule has 0 bridgehead atoms. The fourth-order valence-electron chi connectivity index (χ4n) is 3.53. The summed E-state index contributed by atoms with van der Waals surface area (Å²) in [6.45, 7) is 7.74. The van der Waals surface area contributed by atoms with Gasteiger partial charge in [-0.1, -0.05) is 32.3 Å². The molecule has 2 fully saturated rings. The van der Waals surface area contributed by atoms with Crippen molar-refractivity contribution in [1.29, 1.82) is 0 Å². The number of carbonyl (C=O) groups excluding carboxylic acids is 1. The van der Waals surface area contributed by atoms with Crippen LogP contribution in [0.4, 0.5) is 0 Å². The minimum Gasteiger partial charge on any atom is -0.335 e. The lowest BCUT2D eigenvalue weighted by atomic mass is 9.89. The van der Waals surface area contributed by atoms with Gasteiger partial charge in [0.25, 0.3) is 0 Å². The summed E-state index contributed by atoms with van der Waals surface area (Å²) in [4.78, 5) is 14.8. The second kappa shape index (κ2) is 7.09. The Labute approximate surface area is 117 Å². The second-order valence-electron chi connectivity index (χ2n) is 6.02. The quantitative estimate of drug-likeness (QED) is 0.774. The van der Waals surface area contributed by atoms with Crippen LogP contribution in [-0.4, -0.2) is 36.0 Å². The van der Waals surface area contributed by atoms with E-state index in [0.717, 1.165) is 13.0 Å². The molecule has 2 atom stereocenters. The molecule has 1 aliphatic heterocycles. The van der Waals surface area contributed by atoms with Gasteiger partial charge in [-0.3, -0.25) is 4.79 Å². The van der Waals surface area contributed by atoms with E-state index in [0.29, 0.717) is 24.4 Å². The Morgan fingerprint density at radius 1 is 1.37 bits per heavy atom. The first-order valence-electron chi connectivity index (χ1n) is 7.91. The van der Waals surface area contributed by atoms with E-state index in [2.05, 4.69) is 23.7 Å². The van der Waals surface area contributed by atoms with Crippen LogP contribution in [0.3, 0.4) is 0 Å². The van der Waals surface area contributed by atoms with Crippen LogP contribution in [-0.2, 0) is 4.79 Å². The van der Waals surface area contributed by atoms with E-state index in [-0.39, 0.29) is 6.04 Å². The van der Waals surface area contributed by atoms with Crippen LogP contribution in [0, 0.1) is 5.92 Å². The average Bonchev–Trinajstić information content (AvgIpc) is 2.98. The van der Waals surface area contributed by atoms with Crippen molar-refractivity contribution in [3.63, 3.8) is 0 Å². The molecule has 0 aromatic carbocycles. The zero-order valence-corrected chi connectivity index (χ0v) is 12.2. The van der Waals surface area contributed by atoms with E-state index in [4.69, 9.17) is 0 Å². The fourth-order valence-corrected chi connectivity index (χ4v) is 3.53. The highest BCUT2D eigenvalue weighted by Gasteiger charge is 2.33. The Bertz CT molecular complexity index is 310. The summed E-state index contributed by atoms with van der Waals surface area (Å²) >= 11 is 0. The third-order valence-corrected chi connectivity index (χ3v) is 4.76. The molecular formula is C16H28N2O. The van der Waals surface area contributed by atoms with Crippen LogP contribution in [0.5, 0.6) is 0 Å². The normalized spacial score (nSPS) is 28.3. The van der Waals surface area contributed by atoms with Crippen molar-refractivity contribution < 1.29 is 4.79 Å². The lowest BCUT2D eigenvalue weighted by Gasteiger charge is -2.35. The summed E-state index contributed by atoms with van der Waals surface area (Å²) < 4.78 is 0. The van der Waals surface area contributed by atoms with Crippen LogP contribution >= 0.6 is 0 Å². The number of nitrogens with one attached hydrogen (secondary N) is 1. The standard InChI is InChI=1S/C16H28N2O/c1-3-11-18(14-7-5-6-8-14)16(19)15-12-13(4-2)9-10-17-15/h3,13-15,17H,1,4-12H2,2H3. The third-order valence-electron chi connectivity index (χ3n) is 4.76. The largest absolute Gasteiger partial charge is 0.335 e. The van der Waals surface area contributed by atoms with E-state index in [1.165, 1.54) is 38.5 Å². The highest BCUT2D eigenvalue weighted by Crippen LogP contribution is 2.26. The molecule has 2 rings (SSSR count). The first-order valence-corrected chi connectivity index (χ1v) is 7.91. The van der Waals surface area contributed by atoms with Crippen molar-refractivity contribution in [1.82, 2.24) is 10.2 Å². The molecule has 3 nitrogen and oxygen atoms in total. The summed E-state index contributed by atoms with van der Waals surface area (Å²) in [5.41, 5.74) is 0. The van der Waals surface area contributed by atoms with Crippen LogP contribution < -0.4 is 5.32 Å². The minimum atomic E-state index is 0.0410. The zero-order valence-electron chi connectivity index (χ0n) is 12.2. The number of hydrogen-bond acceptors (Lipinski definition) is 2. The predicted octanol–water partition coefficient (Wildman–Crippen LogP) is 2.72. The predicted molar refractivity (Wildman–Crippen MR) is 79.0 cm³/mol. The Hall–Kier alpha value is -0.830. The van der Waals surface area contributed by atoms with Gasteiger partial charge in [-0.15, -0.1) is 6.58 Å². The number of amides is 1. The lowest BCUT2D eigenvalue weighted by Crippen LogP contribution is -2.52. The highest BCUT2D eigenvalue weighted by molar-refractivity contribution is 5.82. The topological polar surface area (TPSA) is 32.3 Å². The molecule has 0 radical (unpaired) electrons. The van der Waals surface area contributed by atoms with Gasteiger partial charge in [0.15, 0.2) is 0 Å². The second-order valence-corrected chi connectivity index (χ2v) is 6.02. The van der Waals surface area contributed by atoms with Gasteiger partial charge in [0.2, 0.25) is 5.91 Å². The zero-order chi connectivity index (χ0) is 13.7.